The molecule has 1 aromatic heterocycles. The summed E-state index contributed by atoms with van der Waals surface area (Å²) in [6.45, 7) is 2.54. The Labute approximate surface area is 152 Å². The quantitative estimate of drug-likeness (QED) is 0.816. The van der Waals surface area contributed by atoms with Gasteiger partial charge in [-0.15, -0.1) is 0 Å². The second-order valence-corrected chi connectivity index (χ2v) is 8.00. The van der Waals surface area contributed by atoms with E-state index in [9.17, 15) is 13.2 Å². The van der Waals surface area contributed by atoms with Gasteiger partial charge in [-0.05, 0) is 43.3 Å². The van der Waals surface area contributed by atoms with Crippen LogP contribution in [0.1, 0.15) is 23.0 Å². The normalized spacial score (nSPS) is 18.3. The van der Waals surface area contributed by atoms with E-state index in [-0.39, 0.29) is 29.9 Å². The van der Waals surface area contributed by atoms with Crippen LogP contribution < -0.4 is 0 Å². The molecule has 1 aliphatic heterocycles. The lowest BCUT2D eigenvalue weighted by atomic mass is 10.2. The molecule has 134 valence electrons. The van der Waals surface area contributed by atoms with Crippen molar-refractivity contribution in [2.24, 2.45) is 0 Å². The van der Waals surface area contributed by atoms with Crippen molar-refractivity contribution in [3.8, 4) is 6.07 Å². The van der Waals surface area contributed by atoms with Gasteiger partial charge in [-0.2, -0.15) is 9.57 Å². The van der Waals surface area contributed by atoms with Gasteiger partial charge in [-0.3, -0.25) is 9.78 Å². The lowest BCUT2D eigenvalue weighted by Gasteiger charge is -2.39. The highest BCUT2D eigenvalue weighted by atomic mass is 32.2. The lowest BCUT2D eigenvalue weighted by molar-refractivity contribution is 0.0585. The largest absolute Gasteiger partial charge is 0.332 e. The first-order chi connectivity index (χ1) is 12.4. The van der Waals surface area contributed by atoms with E-state index < -0.39 is 10.0 Å². The van der Waals surface area contributed by atoms with Gasteiger partial charge in [0.05, 0.1) is 16.5 Å². The standard InChI is InChI=1S/C18H18N4O3S/c1-14-13-21(26(24,25)16-7-5-15(12-19)6-8-16)10-11-22(14)18(23)17-4-2-3-9-20-17/h2-9,14H,10-11,13H2,1H3/t14-/m0/s1. The van der Waals surface area contributed by atoms with Gasteiger partial charge < -0.3 is 4.90 Å². The van der Waals surface area contributed by atoms with Gasteiger partial charge in [0.1, 0.15) is 5.69 Å². The number of nitrogens with zero attached hydrogens (tertiary/aromatic N) is 4. The lowest BCUT2D eigenvalue weighted by Crippen LogP contribution is -2.55. The zero-order chi connectivity index (χ0) is 18.7. The van der Waals surface area contributed by atoms with E-state index in [4.69, 9.17) is 5.26 Å². The van der Waals surface area contributed by atoms with Crippen LogP contribution in [0.2, 0.25) is 0 Å². The summed E-state index contributed by atoms with van der Waals surface area (Å²) in [5.74, 6) is -0.200. The number of hydrogen-bond acceptors (Lipinski definition) is 5. The molecular formula is C18H18N4O3S. The van der Waals surface area contributed by atoms with Crippen LogP contribution >= 0.6 is 0 Å². The number of hydrogen-bond donors (Lipinski definition) is 0. The van der Waals surface area contributed by atoms with Gasteiger partial charge >= 0.3 is 0 Å². The minimum atomic E-state index is -3.66. The summed E-state index contributed by atoms with van der Waals surface area (Å²) in [5.41, 5.74) is 0.755. The van der Waals surface area contributed by atoms with Crippen LogP contribution in [-0.4, -0.2) is 54.2 Å². The van der Waals surface area contributed by atoms with Crippen molar-refractivity contribution in [1.29, 1.82) is 5.26 Å². The zero-order valence-electron chi connectivity index (χ0n) is 14.2. The van der Waals surface area contributed by atoms with E-state index in [2.05, 4.69) is 4.98 Å². The molecule has 0 aliphatic carbocycles. The van der Waals surface area contributed by atoms with Crippen molar-refractivity contribution < 1.29 is 13.2 Å². The number of aromatic nitrogens is 1. The van der Waals surface area contributed by atoms with Crippen LogP contribution in [0.25, 0.3) is 0 Å². The average Bonchev–Trinajstić information content (AvgIpc) is 2.68. The van der Waals surface area contributed by atoms with Crippen molar-refractivity contribution in [3.05, 3.63) is 59.9 Å². The number of rotatable bonds is 3. The van der Waals surface area contributed by atoms with Crippen molar-refractivity contribution in [3.63, 3.8) is 0 Å². The molecule has 1 amide bonds. The molecule has 7 nitrogen and oxygen atoms in total. The predicted octanol–water partition coefficient (Wildman–Crippen LogP) is 1.49. The van der Waals surface area contributed by atoms with Gasteiger partial charge in [0.25, 0.3) is 5.91 Å². The van der Waals surface area contributed by atoms with Crippen molar-refractivity contribution in [2.75, 3.05) is 19.6 Å². The maximum Gasteiger partial charge on any atom is 0.272 e. The topological polar surface area (TPSA) is 94.4 Å². The molecule has 8 heteroatoms. The molecule has 1 aromatic carbocycles. The summed E-state index contributed by atoms with van der Waals surface area (Å²) in [4.78, 5) is 18.4. The fourth-order valence-electron chi connectivity index (χ4n) is 2.93. The summed E-state index contributed by atoms with van der Waals surface area (Å²) in [5, 5.41) is 8.84. The number of piperazine rings is 1. The molecule has 2 heterocycles. The molecule has 2 aromatic rings. The molecule has 1 atom stereocenters. The van der Waals surface area contributed by atoms with Crippen LogP contribution in [0.15, 0.2) is 53.6 Å². The molecule has 0 saturated carbocycles. The first kappa shape index (κ1) is 18.0. The minimum absolute atomic E-state index is 0.146. The van der Waals surface area contributed by atoms with Crippen LogP contribution in [0.4, 0.5) is 0 Å². The third-order valence-electron chi connectivity index (χ3n) is 4.36. The van der Waals surface area contributed by atoms with Crippen molar-refractivity contribution >= 4 is 15.9 Å². The summed E-state index contributed by atoms with van der Waals surface area (Å²) in [6, 6.07) is 12.7. The molecule has 26 heavy (non-hydrogen) atoms. The molecule has 0 spiro atoms. The number of pyridine rings is 1. The summed E-state index contributed by atoms with van der Waals surface area (Å²) < 4.78 is 27.0. The van der Waals surface area contributed by atoms with E-state index in [0.29, 0.717) is 17.8 Å². The maximum atomic E-state index is 12.8. The van der Waals surface area contributed by atoms with E-state index in [0.717, 1.165) is 0 Å². The second kappa shape index (κ2) is 7.23. The smallest absolute Gasteiger partial charge is 0.272 e. The number of nitriles is 1. The molecule has 1 fully saturated rings. The molecule has 0 N–H and O–H groups in total. The minimum Gasteiger partial charge on any atom is -0.332 e. The summed E-state index contributed by atoms with van der Waals surface area (Å²) in [7, 11) is -3.66. The second-order valence-electron chi connectivity index (χ2n) is 6.06. The fraction of sp³-hybridized carbons (Fsp3) is 0.278. The van der Waals surface area contributed by atoms with Crippen LogP contribution in [0.5, 0.6) is 0 Å². The Hall–Kier alpha value is -2.76. The Kier molecular flexibility index (Phi) is 5.02. The van der Waals surface area contributed by atoms with Gasteiger partial charge in [0, 0.05) is 31.9 Å². The van der Waals surface area contributed by atoms with E-state index in [1.165, 1.54) is 28.6 Å². The Bertz CT molecular complexity index is 937. The highest BCUT2D eigenvalue weighted by molar-refractivity contribution is 7.89. The van der Waals surface area contributed by atoms with E-state index >= 15 is 0 Å². The Morgan fingerprint density at radius 2 is 1.92 bits per heavy atom. The molecule has 1 aliphatic rings. The monoisotopic (exact) mass is 370 g/mol. The Balaban J connectivity index is 1.75. The van der Waals surface area contributed by atoms with E-state index in [1.54, 1.807) is 29.3 Å². The Morgan fingerprint density at radius 1 is 1.19 bits per heavy atom. The molecule has 1 saturated heterocycles. The highest BCUT2D eigenvalue weighted by Gasteiger charge is 2.34. The number of carbonyl (C=O) groups excluding carboxylic acids is 1. The molecule has 0 unspecified atom stereocenters. The van der Waals surface area contributed by atoms with Gasteiger partial charge in [-0.1, -0.05) is 6.07 Å². The van der Waals surface area contributed by atoms with Crippen LogP contribution in [-0.2, 0) is 10.0 Å². The molecular weight excluding hydrogens is 352 g/mol. The third-order valence-corrected chi connectivity index (χ3v) is 6.24. The highest BCUT2D eigenvalue weighted by Crippen LogP contribution is 2.21. The average molecular weight is 370 g/mol. The molecule has 3 rings (SSSR count). The Morgan fingerprint density at radius 3 is 2.50 bits per heavy atom. The number of sulfonamides is 1. The summed E-state index contributed by atoms with van der Waals surface area (Å²) >= 11 is 0. The van der Waals surface area contributed by atoms with Crippen molar-refractivity contribution in [2.45, 2.75) is 17.9 Å². The van der Waals surface area contributed by atoms with Crippen molar-refractivity contribution in [1.82, 2.24) is 14.2 Å². The number of benzene rings is 1. The number of carbonyl (C=O) groups is 1. The first-order valence-corrected chi connectivity index (χ1v) is 9.60. The zero-order valence-corrected chi connectivity index (χ0v) is 15.1. The SMILES string of the molecule is C[C@H]1CN(S(=O)(=O)c2ccc(C#N)cc2)CCN1C(=O)c1ccccn1. The third kappa shape index (κ3) is 3.45. The van der Waals surface area contributed by atoms with E-state index in [1.807, 2.05) is 13.0 Å². The van der Waals surface area contributed by atoms with Crippen LogP contribution in [0.3, 0.4) is 0 Å². The maximum absolute atomic E-state index is 12.8. The van der Waals surface area contributed by atoms with Gasteiger partial charge in [0.2, 0.25) is 10.0 Å². The molecule has 0 radical (unpaired) electrons. The fourth-order valence-corrected chi connectivity index (χ4v) is 4.44. The first-order valence-electron chi connectivity index (χ1n) is 8.16. The van der Waals surface area contributed by atoms with Gasteiger partial charge in [0.15, 0.2) is 0 Å². The van der Waals surface area contributed by atoms with Crippen LogP contribution in [0, 0.1) is 11.3 Å². The predicted molar refractivity (Wildman–Crippen MR) is 94.7 cm³/mol. The van der Waals surface area contributed by atoms with Gasteiger partial charge in [-0.25, -0.2) is 8.42 Å². The molecule has 0 bridgehead atoms. The number of amides is 1. The summed E-state index contributed by atoms with van der Waals surface area (Å²) in [6.07, 6.45) is 1.56.